The zero-order valence-corrected chi connectivity index (χ0v) is 7.56. The Balaban J connectivity index is 3.01. The third-order valence-electron chi connectivity index (χ3n) is 0.980. The summed E-state index contributed by atoms with van der Waals surface area (Å²) in [5, 5.41) is 0. The molecule has 0 unspecified atom stereocenters. The second-order valence-electron chi connectivity index (χ2n) is 1.59. The molecule has 1 nitrogen and oxygen atoms in total. The largest absolute Gasteiger partial charge is 0.250 e. The second kappa shape index (κ2) is 3.37. The zero-order chi connectivity index (χ0) is 6.69. The van der Waals surface area contributed by atoms with Gasteiger partial charge in [-0.1, -0.05) is 6.07 Å². The van der Waals surface area contributed by atoms with E-state index in [9.17, 15) is 0 Å². The minimum atomic E-state index is 0.548. The minimum absolute atomic E-state index is 0.548. The topological polar surface area (TPSA) is 12.9 Å². The van der Waals surface area contributed by atoms with Gasteiger partial charge in [-0.2, -0.15) is 0 Å². The average molecular weight is 253 g/mol. The van der Waals surface area contributed by atoms with E-state index in [2.05, 4.69) is 27.6 Å². The molecule has 1 aromatic rings. The van der Waals surface area contributed by atoms with Gasteiger partial charge in [0.15, 0.2) is 0 Å². The SMILES string of the molecule is ClCc1cccnc1I. The smallest absolute Gasteiger partial charge is 0.105 e. The maximum absolute atomic E-state index is 5.59. The lowest BCUT2D eigenvalue weighted by Crippen LogP contribution is -1.85. The van der Waals surface area contributed by atoms with Crippen molar-refractivity contribution < 1.29 is 0 Å². The molecule has 0 aliphatic carbocycles. The third-order valence-corrected chi connectivity index (χ3v) is 2.24. The molecule has 1 rings (SSSR count). The Morgan fingerprint density at radius 1 is 1.67 bits per heavy atom. The molecule has 0 spiro atoms. The highest BCUT2D eigenvalue weighted by Gasteiger charge is 1.94. The fraction of sp³-hybridized carbons (Fsp3) is 0.167. The lowest BCUT2D eigenvalue weighted by Gasteiger charge is -1.94. The van der Waals surface area contributed by atoms with E-state index in [0.717, 1.165) is 9.26 Å². The first-order chi connectivity index (χ1) is 4.34. The van der Waals surface area contributed by atoms with Crippen molar-refractivity contribution in [1.82, 2.24) is 4.98 Å². The normalized spacial score (nSPS) is 9.56. The van der Waals surface area contributed by atoms with Gasteiger partial charge in [-0.05, 0) is 34.2 Å². The Morgan fingerprint density at radius 2 is 2.44 bits per heavy atom. The summed E-state index contributed by atoms with van der Waals surface area (Å²) in [4.78, 5) is 4.05. The van der Waals surface area contributed by atoms with Gasteiger partial charge in [-0.25, -0.2) is 4.98 Å². The molecule has 1 aromatic heterocycles. The zero-order valence-electron chi connectivity index (χ0n) is 4.64. The molecule has 0 aliphatic rings. The molecule has 0 atom stereocenters. The molecule has 0 saturated heterocycles. The van der Waals surface area contributed by atoms with Crippen LogP contribution < -0.4 is 0 Å². The van der Waals surface area contributed by atoms with Crippen LogP contribution in [0.15, 0.2) is 18.3 Å². The van der Waals surface area contributed by atoms with Crippen LogP contribution in [-0.2, 0) is 5.88 Å². The van der Waals surface area contributed by atoms with Gasteiger partial charge in [-0.3, -0.25) is 0 Å². The van der Waals surface area contributed by atoms with Crippen LogP contribution in [0.5, 0.6) is 0 Å². The van der Waals surface area contributed by atoms with Crippen molar-refractivity contribution in [3.63, 3.8) is 0 Å². The number of hydrogen-bond acceptors (Lipinski definition) is 1. The van der Waals surface area contributed by atoms with Crippen LogP contribution in [0.1, 0.15) is 5.56 Å². The van der Waals surface area contributed by atoms with Crippen LogP contribution in [0, 0.1) is 3.70 Å². The Labute approximate surface area is 72.6 Å². The summed E-state index contributed by atoms with van der Waals surface area (Å²) in [6, 6.07) is 3.86. The van der Waals surface area contributed by atoms with Gasteiger partial charge in [0.2, 0.25) is 0 Å². The van der Waals surface area contributed by atoms with Crippen molar-refractivity contribution in [1.29, 1.82) is 0 Å². The van der Waals surface area contributed by atoms with Gasteiger partial charge in [0, 0.05) is 12.1 Å². The Hall–Kier alpha value is 0.170. The van der Waals surface area contributed by atoms with E-state index < -0.39 is 0 Å². The van der Waals surface area contributed by atoms with Crippen LogP contribution in [0.3, 0.4) is 0 Å². The molecule has 9 heavy (non-hydrogen) atoms. The molecular weight excluding hydrogens is 248 g/mol. The van der Waals surface area contributed by atoms with Crippen LogP contribution >= 0.6 is 34.2 Å². The van der Waals surface area contributed by atoms with Crippen molar-refractivity contribution in [2.75, 3.05) is 0 Å². The van der Waals surface area contributed by atoms with Crippen LogP contribution in [0.2, 0.25) is 0 Å². The Morgan fingerprint density at radius 3 is 2.89 bits per heavy atom. The van der Waals surface area contributed by atoms with Crippen molar-refractivity contribution in [2.45, 2.75) is 5.88 Å². The molecule has 0 N–H and O–H groups in total. The number of rotatable bonds is 1. The number of hydrogen-bond donors (Lipinski definition) is 0. The van der Waals surface area contributed by atoms with Gasteiger partial charge in [0.25, 0.3) is 0 Å². The fourth-order valence-electron chi connectivity index (χ4n) is 0.519. The summed E-state index contributed by atoms with van der Waals surface area (Å²) in [6.45, 7) is 0. The number of aromatic nitrogens is 1. The van der Waals surface area contributed by atoms with Crippen molar-refractivity contribution in [3.8, 4) is 0 Å². The van der Waals surface area contributed by atoms with Crippen LogP contribution in [-0.4, -0.2) is 4.98 Å². The second-order valence-corrected chi connectivity index (χ2v) is 2.88. The summed E-state index contributed by atoms with van der Waals surface area (Å²) in [5.41, 5.74) is 1.10. The number of pyridine rings is 1. The highest BCUT2D eigenvalue weighted by Crippen LogP contribution is 2.09. The number of alkyl halides is 1. The summed E-state index contributed by atoms with van der Waals surface area (Å²) < 4.78 is 0.991. The molecule has 0 aliphatic heterocycles. The Kier molecular flexibility index (Phi) is 2.72. The molecule has 0 amide bonds. The monoisotopic (exact) mass is 253 g/mol. The average Bonchev–Trinajstić information content (AvgIpc) is 1.89. The quantitative estimate of drug-likeness (QED) is 0.425. The molecule has 1 heterocycles. The molecule has 0 fully saturated rings. The van der Waals surface area contributed by atoms with Gasteiger partial charge in [0.05, 0.1) is 0 Å². The van der Waals surface area contributed by atoms with Crippen molar-refractivity contribution in [3.05, 3.63) is 27.6 Å². The molecule has 48 valence electrons. The summed E-state index contributed by atoms with van der Waals surface area (Å²) in [5.74, 6) is 0.548. The lowest BCUT2D eigenvalue weighted by molar-refractivity contribution is 1.19. The molecular formula is C6H5ClIN. The van der Waals surface area contributed by atoms with E-state index in [1.54, 1.807) is 6.20 Å². The van der Waals surface area contributed by atoms with E-state index in [1.165, 1.54) is 0 Å². The van der Waals surface area contributed by atoms with E-state index in [0.29, 0.717) is 5.88 Å². The predicted octanol–water partition coefficient (Wildman–Crippen LogP) is 2.43. The maximum Gasteiger partial charge on any atom is 0.105 e. The molecule has 3 heteroatoms. The lowest BCUT2D eigenvalue weighted by atomic mass is 10.3. The standard InChI is InChI=1S/C6H5ClIN/c7-4-5-2-1-3-9-6(5)8/h1-3H,4H2. The van der Waals surface area contributed by atoms with Gasteiger partial charge in [0.1, 0.15) is 3.70 Å². The summed E-state index contributed by atoms with van der Waals surface area (Å²) in [6.07, 6.45) is 1.76. The number of halogens is 2. The van der Waals surface area contributed by atoms with Gasteiger partial charge in [-0.15, -0.1) is 11.6 Å². The highest BCUT2D eigenvalue weighted by atomic mass is 127. The van der Waals surface area contributed by atoms with Crippen LogP contribution in [0.25, 0.3) is 0 Å². The summed E-state index contributed by atoms with van der Waals surface area (Å²) in [7, 11) is 0. The molecule has 0 radical (unpaired) electrons. The van der Waals surface area contributed by atoms with Gasteiger partial charge < -0.3 is 0 Å². The first-order valence-electron chi connectivity index (χ1n) is 2.50. The fourth-order valence-corrected chi connectivity index (χ4v) is 1.49. The number of nitrogens with zero attached hydrogens (tertiary/aromatic N) is 1. The third kappa shape index (κ3) is 1.79. The van der Waals surface area contributed by atoms with Gasteiger partial charge >= 0.3 is 0 Å². The minimum Gasteiger partial charge on any atom is -0.250 e. The van der Waals surface area contributed by atoms with E-state index in [4.69, 9.17) is 11.6 Å². The maximum atomic E-state index is 5.59. The van der Waals surface area contributed by atoms with E-state index in [-0.39, 0.29) is 0 Å². The van der Waals surface area contributed by atoms with E-state index >= 15 is 0 Å². The predicted molar refractivity (Wildman–Crippen MR) is 46.5 cm³/mol. The van der Waals surface area contributed by atoms with E-state index in [1.807, 2.05) is 12.1 Å². The highest BCUT2D eigenvalue weighted by molar-refractivity contribution is 14.1. The first kappa shape index (κ1) is 7.28. The first-order valence-corrected chi connectivity index (χ1v) is 4.11. The molecule has 0 aromatic carbocycles. The summed E-state index contributed by atoms with van der Waals surface area (Å²) >= 11 is 7.75. The van der Waals surface area contributed by atoms with Crippen molar-refractivity contribution >= 4 is 34.2 Å². The van der Waals surface area contributed by atoms with Crippen molar-refractivity contribution in [2.24, 2.45) is 0 Å². The Bertz CT molecular complexity index is 202. The van der Waals surface area contributed by atoms with Crippen LogP contribution in [0.4, 0.5) is 0 Å². The molecule has 0 saturated carbocycles. The molecule has 0 bridgehead atoms.